The van der Waals surface area contributed by atoms with Crippen molar-refractivity contribution < 1.29 is 8.78 Å². The van der Waals surface area contributed by atoms with Gasteiger partial charge in [0.05, 0.1) is 0 Å². The van der Waals surface area contributed by atoms with Gasteiger partial charge in [0.2, 0.25) is 0 Å². The standard InChI is InChI=1S/C17H26F2N2/c1-3-8-21(17-6-4-16(20)5-7-17)12(2)13-9-14(18)11-15(19)10-13/h9-12,16-17H,3-8,20H2,1-2H3. The molecule has 1 saturated carbocycles. The average molecular weight is 296 g/mol. The van der Waals surface area contributed by atoms with E-state index in [1.807, 2.05) is 6.92 Å². The van der Waals surface area contributed by atoms with Crippen molar-refractivity contribution in [1.82, 2.24) is 4.90 Å². The van der Waals surface area contributed by atoms with E-state index in [2.05, 4.69) is 11.8 Å². The summed E-state index contributed by atoms with van der Waals surface area (Å²) >= 11 is 0. The van der Waals surface area contributed by atoms with E-state index in [4.69, 9.17) is 5.73 Å². The zero-order chi connectivity index (χ0) is 15.4. The Bertz CT molecular complexity index is 436. The second-order valence-corrected chi connectivity index (χ2v) is 6.19. The molecule has 1 aliphatic rings. The number of halogens is 2. The molecule has 0 radical (unpaired) electrons. The molecular formula is C17H26F2N2. The molecule has 0 bridgehead atoms. The Balaban J connectivity index is 2.16. The first kappa shape index (κ1) is 16.4. The summed E-state index contributed by atoms with van der Waals surface area (Å²) < 4.78 is 26.9. The van der Waals surface area contributed by atoms with E-state index < -0.39 is 11.6 Å². The lowest BCUT2D eigenvalue weighted by Crippen LogP contribution is -2.42. The van der Waals surface area contributed by atoms with Gasteiger partial charge in [-0.15, -0.1) is 0 Å². The highest BCUT2D eigenvalue weighted by Crippen LogP contribution is 2.30. The molecule has 1 atom stereocenters. The second kappa shape index (κ2) is 7.32. The fraction of sp³-hybridized carbons (Fsp3) is 0.647. The van der Waals surface area contributed by atoms with E-state index in [1.165, 1.54) is 12.1 Å². The molecule has 0 aromatic heterocycles. The molecular weight excluding hydrogens is 270 g/mol. The highest BCUT2D eigenvalue weighted by atomic mass is 19.1. The topological polar surface area (TPSA) is 29.3 Å². The van der Waals surface area contributed by atoms with E-state index >= 15 is 0 Å². The van der Waals surface area contributed by atoms with Gasteiger partial charge in [-0.1, -0.05) is 6.92 Å². The molecule has 1 aliphatic carbocycles. The predicted octanol–water partition coefficient (Wildman–Crippen LogP) is 4.01. The van der Waals surface area contributed by atoms with Crippen LogP contribution in [0, 0.1) is 11.6 Å². The zero-order valence-electron chi connectivity index (χ0n) is 13.0. The summed E-state index contributed by atoms with van der Waals surface area (Å²) in [5.74, 6) is -1.00. The molecule has 2 nitrogen and oxygen atoms in total. The van der Waals surface area contributed by atoms with Gasteiger partial charge in [-0.2, -0.15) is 0 Å². The molecule has 0 saturated heterocycles. The van der Waals surface area contributed by atoms with Crippen LogP contribution in [0.25, 0.3) is 0 Å². The molecule has 21 heavy (non-hydrogen) atoms. The van der Waals surface area contributed by atoms with Crippen molar-refractivity contribution in [3.05, 3.63) is 35.4 Å². The number of rotatable bonds is 5. The Morgan fingerprint density at radius 1 is 1.14 bits per heavy atom. The number of nitrogens with zero attached hydrogens (tertiary/aromatic N) is 1. The highest BCUT2D eigenvalue weighted by Gasteiger charge is 2.28. The third-order valence-corrected chi connectivity index (χ3v) is 4.56. The van der Waals surface area contributed by atoms with Gasteiger partial charge in [0.1, 0.15) is 11.6 Å². The second-order valence-electron chi connectivity index (χ2n) is 6.19. The van der Waals surface area contributed by atoms with Crippen LogP contribution in [0.4, 0.5) is 8.78 Å². The number of nitrogens with two attached hydrogens (primary N) is 1. The molecule has 1 unspecified atom stereocenters. The molecule has 2 rings (SSSR count). The van der Waals surface area contributed by atoms with Gasteiger partial charge in [0.15, 0.2) is 0 Å². The first-order valence-corrected chi connectivity index (χ1v) is 7.98. The smallest absolute Gasteiger partial charge is 0.126 e. The van der Waals surface area contributed by atoms with E-state index in [-0.39, 0.29) is 6.04 Å². The maximum absolute atomic E-state index is 13.5. The Morgan fingerprint density at radius 2 is 1.71 bits per heavy atom. The summed E-state index contributed by atoms with van der Waals surface area (Å²) in [6, 6.07) is 4.63. The number of hydrogen-bond acceptors (Lipinski definition) is 2. The summed E-state index contributed by atoms with van der Waals surface area (Å²) in [6.45, 7) is 5.12. The first-order valence-electron chi connectivity index (χ1n) is 7.98. The third kappa shape index (κ3) is 4.24. The number of hydrogen-bond donors (Lipinski definition) is 1. The SMILES string of the molecule is CCCN(C1CCC(N)CC1)C(C)c1cc(F)cc(F)c1. The van der Waals surface area contributed by atoms with Crippen LogP contribution >= 0.6 is 0 Å². The maximum Gasteiger partial charge on any atom is 0.126 e. The van der Waals surface area contributed by atoms with Crippen molar-refractivity contribution in [2.75, 3.05) is 6.54 Å². The van der Waals surface area contributed by atoms with Gasteiger partial charge in [-0.25, -0.2) is 8.78 Å². The van der Waals surface area contributed by atoms with Crippen LogP contribution in [0.2, 0.25) is 0 Å². The van der Waals surface area contributed by atoms with Crippen molar-refractivity contribution in [2.24, 2.45) is 5.73 Å². The molecule has 0 aliphatic heterocycles. The zero-order valence-corrected chi connectivity index (χ0v) is 13.0. The lowest BCUT2D eigenvalue weighted by molar-refractivity contribution is 0.107. The van der Waals surface area contributed by atoms with Gasteiger partial charge in [0.25, 0.3) is 0 Å². The molecule has 0 spiro atoms. The van der Waals surface area contributed by atoms with E-state index in [1.54, 1.807) is 0 Å². The van der Waals surface area contributed by atoms with Crippen LogP contribution < -0.4 is 5.73 Å². The summed E-state index contributed by atoms with van der Waals surface area (Å²) in [4.78, 5) is 2.39. The summed E-state index contributed by atoms with van der Waals surface area (Å²) in [5, 5.41) is 0. The maximum atomic E-state index is 13.5. The third-order valence-electron chi connectivity index (χ3n) is 4.56. The molecule has 0 heterocycles. The van der Waals surface area contributed by atoms with Crippen molar-refractivity contribution in [3.8, 4) is 0 Å². The van der Waals surface area contributed by atoms with Gasteiger partial charge < -0.3 is 5.73 Å². The molecule has 118 valence electrons. The quantitative estimate of drug-likeness (QED) is 0.889. The Kier molecular flexibility index (Phi) is 5.71. The van der Waals surface area contributed by atoms with Crippen molar-refractivity contribution in [3.63, 3.8) is 0 Å². The molecule has 4 heteroatoms. The average Bonchev–Trinajstić information content (AvgIpc) is 2.44. The van der Waals surface area contributed by atoms with E-state index in [0.717, 1.165) is 50.3 Å². The highest BCUT2D eigenvalue weighted by molar-refractivity contribution is 5.21. The fourth-order valence-electron chi connectivity index (χ4n) is 3.39. The Labute approximate surface area is 126 Å². The van der Waals surface area contributed by atoms with Crippen LogP contribution in [0.5, 0.6) is 0 Å². The minimum absolute atomic E-state index is 0.0227. The van der Waals surface area contributed by atoms with E-state index in [9.17, 15) is 8.78 Å². The van der Waals surface area contributed by atoms with Gasteiger partial charge in [0, 0.05) is 24.2 Å². The molecule has 0 amide bonds. The van der Waals surface area contributed by atoms with Crippen molar-refractivity contribution in [2.45, 2.75) is 64.1 Å². The van der Waals surface area contributed by atoms with Gasteiger partial charge >= 0.3 is 0 Å². The lowest BCUT2D eigenvalue weighted by Gasteiger charge is -2.40. The minimum Gasteiger partial charge on any atom is -0.328 e. The predicted molar refractivity (Wildman–Crippen MR) is 82.0 cm³/mol. The van der Waals surface area contributed by atoms with Crippen LogP contribution in [0.15, 0.2) is 18.2 Å². The minimum atomic E-state index is -0.501. The van der Waals surface area contributed by atoms with Gasteiger partial charge in [-0.3, -0.25) is 4.90 Å². The molecule has 2 N–H and O–H groups in total. The Hall–Kier alpha value is -1.00. The molecule has 1 fully saturated rings. The summed E-state index contributed by atoms with van der Waals surface area (Å²) in [6.07, 6.45) is 5.25. The molecule has 1 aromatic rings. The van der Waals surface area contributed by atoms with Gasteiger partial charge in [-0.05, 0) is 63.3 Å². The van der Waals surface area contributed by atoms with Crippen LogP contribution in [0.3, 0.4) is 0 Å². The van der Waals surface area contributed by atoms with Crippen LogP contribution in [0.1, 0.15) is 57.6 Å². The monoisotopic (exact) mass is 296 g/mol. The van der Waals surface area contributed by atoms with Crippen LogP contribution in [-0.4, -0.2) is 23.5 Å². The van der Waals surface area contributed by atoms with Crippen molar-refractivity contribution >= 4 is 0 Å². The van der Waals surface area contributed by atoms with E-state index in [0.29, 0.717) is 12.1 Å². The largest absolute Gasteiger partial charge is 0.328 e. The number of benzene rings is 1. The fourth-order valence-corrected chi connectivity index (χ4v) is 3.39. The summed E-state index contributed by atoms with van der Waals surface area (Å²) in [5.41, 5.74) is 6.70. The van der Waals surface area contributed by atoms with Crippen LogP contribution in [-0.2, 0) is 0 Å². The normalized spacial score (nSPS) is 24.3. The summed E-state index contributed by atoms with van der Waals surface area (Å²) in [7, 11) is 0. The Morgan fingerprint density at radius 3 is 2.24 bits per heavy atom. The van der Waals surface area contributed by atoms with Crippen molar-refractivity contribution in [1.29, 1.82) is 0 Å². The first-order chi connectivity index (χ1) is 10.0. The lowest BCUT2D eigenvalue weighted by atomic mass is 9.89. The molecule has 1 aromatic carbocycles.